The van der Waals surface area contributed by atoms with Gasteiger partial charge in [0.25, 0.3) is 0 Å². The second-order valence-electron chi connectivity index (χ2n) is 6.17. The van der Waals surface area contributed by atoms with Gasteiger partial charge in [-0.1, -0.05) is 41.3 Å². The largest absolute Gasteiger partial charge is 0.493 e. The van der Waals surface area contributed by atoms with Crippen molar-refractivity contribution in [3.63, 3.8) is 0 Å². The van der Waals surface area contributed by atoms with Crippen molar-refractivity contribution in [2.45, 2.75) is 19.9 Å². The fraction of sp³-hybridized carbons (Fsp3) is 0.300. The lowest BCUT2D eigenvalue weighted by Gasteiger charge is -2.13. The van der Waals surface area contributed by atoms with Crippen LogP contribution in [-0.4, -0.2) is 34.1 Å². The van der Waals surface area contributed by atoms with Gasteiger partial charge in [-0.05, 0) is 42.7 Å². The number of thioether (sulfide) groups is 1. The van der Waals surface area contributed by atoms with Gasteiger partial charge in [0.1, 0.15) is 5.75 Å². The molecule has 0 unspecified atom stereocenters. The highest BCUT2D eigenvalue weighted by Gasteiger charge is 2.08. The number of ether oxygens (including phenoxy) is 1. The highest BCUT2D eigenvalue weighted by molar-refractivity contribution is 8.13. The Morgan fingerprint density at radius 3 is 2.89 bits per heavy atom. The number of amidine groups is 1. The molecule has 7 nitrogen and oxygen atoms in total. The molecule has 0 aliphatic rings. The lowest BCUT2D eigenvalue weighted by Crippen LogP contribution is -2.05. The van der Waals surface area contributed by atoms with Crippen LogP contribution in [0.2, 0.25) is 0 Å². The van der Waals surface area contributed by atoms with Gasteiger partial charge in [-0.3, -0.25) is 4.99 Å². The number of fused-ring (bicyclic) bond motifs is 1. The molecule has 0 bridgehead atoms. The van der Waals surface area contributed by atoms with Gasteiger partial charge in [0.2, 0.25) is 5.17 Å². The van der Waals surface area contributed by atoms with E-state index in [2.05, 4.69) is 43.9 Å². The molecule has 0 radical (unpaired) electrons. The van der Waals surface area contributed by atoms with E-state index in [0.717, 1.165) is 41.1 Å². The normalized spacial score (nSPS) is 12.1. The van der Waals surface area contributed by atoms with Gasteiger partial charge < -0.3 is 15.1 Å². The maximum absolute atomic E-state index is 6.00. The first-order valence-electron chi connectivity index (χ1n) is 9.04. The second-order valence-corrected chi connectivity index (χ2v) is 7.24. The van der Waals surface area contributed by atoms with Crippen LogP contribution >= 0.6 is 11.8 Å². The summed E-state index contributed by atoms with van der Waals surface area (Å²) < 4.78 is 8.17. The smallest absolute Gasteiger partial charge is 0.205 e. The van der Waals surface area contributed by atoms with Crippen LogP contribution in [0.15, 0.2) is 64.1 Å². The van der Waals surface area contributed by atoms with E-state index in [4.69, 9.17) is 10.6 Å². The molecule has 3 aromatic rings. The van der Waals surface area contributed by atoms with Crippen LogP contribution in [0.3, 0.4) is 0 Å². The summed E-state index contributed by atoms with van der Waals surface area (Å²) in [6.07, 6.45) is 2.76. The van der Waals surface area contributed by atoms with Crippen molar-refractivity contribution in [2.24, 2.45) is 21.2 Å². The molecule has 1 aromatic heterocycles. The predicted molar refractivity (Wildman–Crippen MR) is 115 cm³/mol. The summed E-state index contributed by atoms with van der Waals surface area (Å²) in [6, 6.07) is 14.3. The topological polar surface area (TPSA) is 90.1 Å². The van der Waals surface area contributed by atoms with E-state index in [-0.39, 0.29) is 0 Å². The van der Waals surface area contributed by atoms with Gasteiger partial charge in [-0.15, -0.1) is 5.11 Å². The van der Waals surface area contributed by atoms with Gasteiger partial charge in [-0.2, -0.15) is 0 Å². The third-order valence-electron chi connectivity index (χ3n) is 4.38. The summed E-state index contributed by atoms with van der Waals surface area (Å²) in [5, 5.41) is 7.59. The molecule has 0 spiro atoms. The maximum Gasteiger partial charge on any atom is 0.205 e. The summed E-state index contributed by atoms with van der Waals surface area (Å²) in [4.78, 5) is 8.48. The minimum absolute atomic E-state index is 0.577. The zero-order chi connectivity index (χ0) is 19.8. The third kappa shape index (κ3) is 4.89. The second kappa shape index (κ2) is 9.89. The van der Waals surface area contributed by atoms with Crippen molar-refractivity contribution in [1.82, 2.24) is 9.55 Å². The lowest BCUT2D eigenvalue weighted by molar-refractivity contribution is 0.316. The molecule has 8 heteroatoms. The van der Waals surface area contributed by atoms with E-state index in [1.807, 2.05) is 36.7 Å². The Kier molecular flexibility index (Phi) is 7.02. The average molecular weight is 397 g/mol. The van der Waals surface area contributed by atoms with Crippen LogP contribution in [0.5, 0.6) is 5.75 Å². The Morgan fingerprint density at radius 1 is 1.21 bits per heavy atom. The van der Waals surface area contributed by atoms with Crippen LogP contribution in [0.1, 0.15) is 17.5 Å². The number of imidazole rings is 1. The first-order chi connectivity index (χ1) is 13.7. The number of para-hydroxylation sites is 2. The van der Waals surface area contributed by atoms with Gasteiger partial charge in [0, 0.05) is 19.3 Å². The number of rotatable bonds is 7. The van der Waals surface area contributed by atoms with Crippen molar-refractivity contribution < 1.29 is 4.74 Å². The van der Waals surface area contributed by atoms with Gasteiger partial charge in [-0.25, -0.2) is 4.98 Å². The van der Waals surface area contributed by atoms with Crippen molar-refractivity contribution in [2.75, 3.05) is 19.4 Å². The molecule has 0 fully saturated rings. The molecule has 0 saturated carbocycles. The molecule has 0 aliphatic carbocycles. The van der Waals surface area contributed by atoms with E-state index >= 15 is 0 Å². The number of hydrogen-bond acceptors (Lipinski definition) is 5. The van der Waals surface area contributed by atoms with Gasteiger partial charge >= 0.3 is 0 Å². The third-order valence-corrected chi connectivity index (χ3v) is 5.39. The minimum Gasteiger partial charge on any atom is -0.493 e. The molecule has 146 valence electrons. The monoisotopic (exact) mass is 396 g/mol. The summed E-state index contributed by atoms with van der Waals surface area (Å²) in [7, 11) is 1.67. The minimum atomic E-state index is 0.577. The first kappa shape index (κ1) is 19.9. The zero-order valence-electron chi connectivity index (χ0n) is 16.1. The Hall–Kier alpha value is -2.87. The van der Waals surface area contributed by atoms with Crippen LogP contribution < -0.4 is 10.6 Å². The van der Waals surface area contributed by atoms with Crippen LogP contribution in [0, 0.1) is 6.92 Å². The highest BCUT2D eigenvalue weighted by Crippen LogP contribution is 2.24. The molecule has 0 aliphatic heterocycles. The van der Waals surface area contributed by atoms with Crippen LogP contribution in [0.4, 0.5) is 0 Å². The summed E-state index contributed by atoms with van der Waals surface area (Å²) in [5.74, 6) is 6.81. The van der Waals surface area contributed by atoms with Crippen LogP contribution in [0.25, 0.3) is 11.0 Å². The Labute approximate surface area is 168 Å². The van der Waals surface area contributed by atoms with Gasteiger partial charge in [0.05, 0.1) is 24.0 Å². The number of aliphatic imine (C=N–C) groups is 1. The Morgan fingerprint density at radius 2 is 2.07 bits per heavy atom. The van der Waals surface area contributed by atoms with Crippen molar-refractivity contribution in [3.8, 4) is 5.75 Å². The number of nitrogens with zero attached hydrogens (tertiary/aromatic N) is 5. The SMILES string of the molecule is CN=C(N=NN)SCCCOc1cccc(Cn2cnc3ccccc32)c1C. The fourth-order valence-corrected chi connectivity index (χ4v) is 3.58. The highest BCUT2D eigenvalue weighted by atomic mass is 32.2. The fourth-order valence-electron chi connectivity index (χ4n) is 2.90. The molecule has 0 saturated heterocycles. The molecular weight excluding hydrogens is 372 g/mol. The Balaban J connectivity index is 1.59. The number of aromatic nitrogens is 2. The van der Waals surface area contributed by atoms with E-state index in [9.17, 15) is 0 Å². The quantitative estimate of drug-likeness (QED) is 0.162. The molecule has 0 amide bonds. The molecule has 2 N–H and O–H groups in total. The lowest BCUT2D eigenvalue weighted by atomic mass is 10.1. The maximum atomic E-state index is 6.00. The average Bonchev–Trinajstić information content (AvgIpc) is 3.12. The molecule has 3 rings (SSSR count). The molecular formula is C20H24N6OS. The van der Waals surface area contributed by atoms with Crippen molar-refractivity contribution in [1.29, 1.82) is 0 Å². The number of nitrogens with two attached hydrogens (primary N) is 1. The summed E-state index contributed by atoms with van der Waals surface area (Å²) in [6.45, 7) is 3.49. The molecule has 2 aromatic carbocycles. The number of benzene rings is 2. The van der Waals surface area contributed by atoms with E-state index in [0.29, 0.717) is 11.8 Å². The molecule has 28 heavy (non-hydrogen) atoms. The predicted octanol–water partition coefficient (Wildman–Crippen LogP) is 4.21. The van der Waals surface area contributed by atoms with Crippen molar-refractivity contribution in [3.05, 3.63) is 59.9 Å². The molecule has 0 atom stereocenters. The standard InChI is InChI=1S/C20H24N6OS/c1-15-16(13-26-14-23-17-8-3-4-9-18(17)26)7-5-10-19(15)27-11-6-12-28-20(22-2)24-25-21/h3-5,7-10,14H,6,11-13H2,1-2H3,(H2,21,22,24). The molecule has 1 heterocycles. The first-order valence-corrected chi connectivity index (χ1v) is 10.0. The Bertz CT molecular complexity index is 982. The zero-order valence-corrected chi connectivity index (χ0v) is 16.9. The number of hydrogen-bond donors (Lipinski definition) is 1. The van der Waals surface area contributed by atoms with E-state index in [1.54, 1.807) is 7.05 Å². The summed E-state index contributed by atoms with van der Waals surface area (Å²) in [5.41, 5.74) is 4.52. The van der Waals surface area contributed by atoms with Crippen LogP contribution in [-0.2, 0) is 6.54 Å². The van der Waals surface area contributed by atoms with Crippen molar-refractivity contribution >= 4 is 28.0 Å². The van der Waals surface area contributed by atoms with E-state index in [1.165, 1.54) is 17.3 Å². The summed E-state index contributed by atoms with van der Waals surface area (Å²) >= 11 is 1.51. The van der Waals surface area contributed by atoms with E-state index < -0.39 is 0 Å². The van der Waals surface area contributed by atoms with Gasteiger partial charge in [0.15, 0.2) is 0 Å².